The Morgan fingerprint density at radius 1 is 0.571 bits per heavy atom. The van der Waals surface area contributed by atoms with Gasteiger partial charge in [0.15, 0.2) is 0 Å². The third kappa shape index (κ3) is 14.0. The van der Waals surface area contributed by atoms with Gasteiger partial charge in [0.2, 0.25) is 0 Å². The van der Waals surface area contributed by atoms with Gasteiger partial charge in [-0.15, -0.1) is 0 Å². The molecule has 0 amide bonds. The van der Waals surface area contributed by atoms with Gasteiger partial charge in [0.05, 0.1) is 0 Å². The number of hydrogen-bond acceptors (Lipinski definition) is 4. The average molecular weight is 565 g/mol. The first kappa shape index (κ1) is 32.7. The first-order chi connectivity index (χ1) is 16.7. The second kappa shape index (κ2) is 22.1. The molecule has 191 valence electrons. The van der Waals surface area contributed by atoms with E-state index in [2.05, 4.69) is 6.92 Å². The van der Waals surface area contributed by atoms with E-state index in [0.29, 0.717) is 10.4 Å². The minimum absolute atomic E-state index is 0. The monoisotopic (exact) mass is 563 g/mol. The van der Waals surface area contributed by atoms with Crippen LogP contribution in [0.25, 0.3) is 11.1 Å². The Kier molecular flexibility index (Phi) is 20.7. The smallest absolute Gasteiger partial charge is 0.137 e. The molecule has 35 heavy (non-hydrogen) atoms. The van der Waals surface area contributed by atoms with E-state index in [9.17, 15) is 10.5 Å². The second-order valence-corrected chi connectivity index (χ2v) is 9.12. The topological polar surface area (TPSA) is 95.2 Å². The Hall–Kier alpha value is -2.34. The minimum Gasteiger partial charge on any atom is -0.192 e. The van der Waals surface area contributed by atoms with Crippen LogP contribution in [0.2, 0.25) is 0 Å². The Morgan fingerprint density at radius 2 is 0.971 bits per heavy atom. The van der Waals surface area contributed by atoms with Crippen LogP contribution in [0.5, 0.6) is 0 Å². The number of nitrogens with zero attached hydrogens (tertiary/aromatic N) is 4. The summed E-state index contributed by atoms with van der Waals surface area (Å²) in [5.74, 6) is 0. The summed E-state index contributed by atoms with van der Waals surface area (Å²) in [6.07, 6.45) is 21.7. The molecule has 1 radical (unpaired) electrons. The SMILES string of the molecule is CCCCCCCCCCCCCCCCCCc1cc(=C(C#N)C#N)ccc1=C(C#N)C#N.[Ag]. The van der Waals surface area contributed by atoms with Gasteiger partial charge < -0.3 is 0 Å². The third-order valence-electron chi connectivity index (χ3n) is 6.41. The van der Waals surface area contributed by atoms with E-state index >= 15 is 0 Å². The molecule has 0 N–H and O–H groups in total. The van der Waals surface area contributed by atoms with Gasteiger partial charge in [-0.05, 0) is 24.5 Å². The summed E-state index contributed by atoms with van der Waals surface area (Å²) >= 11 is 0. The van der Waals surface area contributed by atoms with E-state index in [1.54, 1.807) is 18.2 Å². The maximum Gasteiger partial charge on any atom is 0.137 e. The van der Waals surface area contributed by atoms with Crippen molar-refractivity contribution < 1.29 is 22.4 Å². The van der Waals surface area contributed by atoms with Crippen LogP contribution < -0.4 is 10.4 Å². The molecule has 0 bridgehead atoms. The van der Waals surface area contributed by atoms with Crippen molar-refractivity contribution in [3.05, 3.63) is 34.2 Å². The maximum absolute atomic E-state index is 9.27. The van der Waals surface area contributed by atoms with E-state index < -0.39 is 0 Å². The molecule has 0 fully saturated rings. The molecule has 1 rings (SSSR count). The Labute approximate surface area is 228 Å². The molecule has 0 saturated carbocycles. The van der Waals surface area contributed by atoms with E-state index in [1.165, 1.54) is 89.9 Å². The van der Waals surface area contributed by atoms with Crippen molar-refractivity contribution in [2.24, 2.45) is 0 Å². The molecule has 0 heterocycles. The van der Waals surface area contributed by atoms with Crippen molar-refractivity contribution in [2.75, 3.05) is 0 Å². The number of rotatable bonds is 17. The summed E-state index contributed by atoms with van der Waals surface area (Å²) in [7, 11) is 0. The largest absolute Gasteiger partial charge is 0.192 e. The fraction of sp³-hybridized carbons (Fsp3) is 0.600. The Balaban J connectivity index is 0.0000116. The predicted octanol–water partition coefficient (Wildman–Crippen LogP) is 6.88. The Bertz CT molecular complexity index is 983. The normalized spacial score (nSPS) is 9.74. The fourth-order valence-corrected chi connectivity index (χ4v) is 4.36. The van der Waals surface area contributed by atoms with Crippen molar-refractivity contribution in [2.45, 2.75) is 116 Å². The van der Waals surface area contributed by atoms with Crippen LogP contribution in [0.3, 0.4) is 0 Å². The van der Waals surface area contributed by atoms with Crippen molar-refractivity contribution >= 4 is 11.1 Å². The van der Waals surface area contributed by atoms with Gasteiger partial charge in [0.25, 0.3) is 0 Å². The third-order valence-corrected chi connectivity index (χ3v) is 6.41. The molecular weight excluding hydrogens is 524 g/mol. The molecule has 0 atom stereocenters. The second-order valence-electron chi connectivity index (χ2n) is 9.12. The maximum atomic E-state index is 9.27. The van der Waals surface area contributed by atoms with Gasteiger partial charge in [0, 0.05) is 32.8 Å². The molecule has 0 aliphatic heterocycles. The molecule has 0 saturated heterocycles. The van der Waals surface area contributed by atoms with Gasteiger partial charge in [-0.3, -0.25) is 0 Å². The summed E-state index contributed by atoms with van der Waals surface area (Å²) < 4.78 is 0. The van der Waals surface area contributed by atoms with Gasteiger partial charge in [0.1, 0.15) is 35.4 Å². The van der Waals surface area contributed by atoms with Crippen molar-refractivity contribution in [3.63, 3.8) is 0 Å². The molecule has 0 aromatic heterocycles. The summed E-state index contributed by atoms with van der Waals surface area (Å²) in [5, 5.41) is 38.0. The van der Waals surface area contributed by atoms with Gasteiger partial charge in [-0.2, -0.15) is 21.0 Å². The minimum atomic E-state index is 0. The number of hydrogen-bond donors (Lipinski definition) is 0. The van der Waals surface area contributed by atoms with Crippen LogP contribution in [0.1, 0.15) is 115 Å². The van der Waals surface area contributed by atoms with E-state index in [4.69, 9.17) is 10.5 Å². The number of nitriles is 4. The average Bonchev–Trinajstić information content (AvgIpc) is 2.86. The first-order valence-corrected chi connectivity index (χ1v) is 13.2. The zero-order chi connectivity index (χ0) is 24.9. The quantitative estimate of drug-likeness (QED) is 0.152. The molecule has 0 aliphatic rings. The molecular formula is C30H40AgN4. The summed E-state index contributed by atoms with van der Waals surface area (Å²) in [6.45, 7) is 2.27. The molecule has 0 unspecified atom stereocenters. The summed E-state index contributed by atoms with van der Waals surface area (Å²) in [6, 6.07) is 12.9. The van der Waals surface area contributed by atoms with Crippen molar-refractivity contribution in [1.29, 1.82) is 21.0 Å². The van der Waals surface area contributed by atoms with E-state index in [1.807, 2.05) is 24.3 Å². The number of unbranched alkanes of at least 4 members (excludes halogenated alkanes) is 15. The van der Waals surface area contributed by atoms with E-state index in [0.717, 1.165) is 24.8 Å². The summed E-state index contributed by atoms with van der Waals surface area (Å²) in [5.41, 5.74) is 0.993. The van der Waals surface area contributed by atoms with E-state index in [-0.39, 0.29) is 33.5 Å². The first-order valence-electron chi connectivity index (χ1n) is 13.2. The van der Waals surface area contributed by atoms with Crippen LogP contribution >= 0.6 is 0 Å². The van der Waals surface area contributed by atoms with Crippen molar-refractivity contribution in [3.8, 4) is 24.3 Å². The molecule has 0 aliphatic carbocycles. The van der Waals surface area contributed by atoms with Crippen LogP contribution in [0.15, 0.2) is 18.2 Å². The summed E-state index contributed by atoms with van der Waals surface area (Å²) in [4.78, 5) is 0. The van der Waals surface area contributed by atoms with Crippen LogP contribution in [0.4, 0.5) is 0 Å². The van der Waals surface area contributed by atoms with Crippen molar-refractivity contribution in [1.82, 2.24) is 0 Å². The molecule has 0 spiro atoms. The van der Waals surface area contributed by atoms with Crippen LogP contribution in [-0.2, 0) is 28.8 Å². The molecule has 1 aromatic rings. The van der Waals surface area contributed by atoms with Gasteiger partial charge in [-0.25, -0.2) is 0 Å². The molecule has 1 aromatic carbocycles. The zero-order valence-electron chi connectivity index (χ0n) is 21.3. The Morgan fingerprint density at radius 3 is 1.37 bits per heavy atom. The number of benzene rings is 1. The molecule has 4 nitrogen and oxygen atoms in total. The van der Waals surface area contributed by atoms with Gasteiger partial charge >= 0.3 is 0 Å². The standard InChI is InChI=1S/C30H40N4.Ag/c1-2-3-4-5-6-7-8-9-10-11-12-13-14-15-16-17-18-27-21-26(28(22-31)23-32)19-20-30(27)29(24-33)25-34;/h19-21H,2-18H2,1H3;. The number of aryl methyl sites for hydroxylation is 1. The van der Waals surface area contributed by atoms with Gasteiger partial charge in [-0.1, -0.05) is 115 Å². The fourth-order valence-electron chi connectivity index (χ4n) is 4.36. The van der Waals surface area contributed by atoms with Crippen LogP contribution in [0, 0.1) is 45.3 Å². The molecule has 5 heteroatoms. The van der Waals surface area contributed by atoms with Crippen LogP contribution in [-0.4, -0.2) is 0 Å². The zero-order valence-corrected chi connectivity index (χ0v) is 22.8. The predicted molar refractivity (Wildman–Crippen MR) is 138 cm³/mol.